The monoisotopic (exact) mass is 616 g/mol. The zero-order valence-corrected chi connectivity index (χ0v) is 24.9. The van der Waals surface area contributed by atoms with Crippen LogP contribution in [0.25, 0.3) is 0 Å². The molecular weight excluding hydrogens is 584 g/mol. The van der Waals surface area contributed by atoms with E-state index in [9.17, 15) is 23.1 Å². The molecule has 42 heavy (non-hydrogen) atoms. The Morgan fingerprint density at radius 2 is 1.81 bits per heavy atom. The number of ether oxygens (including phenoxy) is 3. The molecule has 3 aromatic rings. The molecule has 2 aliphatic heterocycles. The molecule has 0 radical (unpaired) electrons. The number of anilines is 2. The standard InChI is InChI=1S/C28H32N4O8S2/c1-17-13-32(18(2)15-33)27(34)21-11-19(29-28(35)30-20-7-9-23-24(12-20)39-16-38-23)6-8-22(21)40-25(17)14-31(3)42(36,37)26-5-4-10-41-26/h4-12,17-18,25,33H,13-16H2,1-3H3,(H2,29,30,35)/t17-,18-,25-/m1/s1. The summed E-state index contributed by atoms with van der Waals surface area (Å²) in [6, 6.07) is 11.9. The summed E-state index contributed by atoms with van der Waals surface area (Å²) in [5.41, 5.74) is 1.00. The van der Waals surface area contributed by atoms with Gasteiger partial charge in [-0.1, -0.05) is 13.0 Å². The highest BCUT2D eigenvalue weighted by molar-refractivity contribution is 7.91. The summed E-state index contributed by atoms with van der Waals surface area (Å²) < 4.78 is 44.6. The molecule has 3 atom stereocenters. The maximum absolute atomic E-state index is 13.7. The lowest BCUT2D eigenvalue weighted by molar-refractivity contribution is 0.0387. The van der Waals surface area contributed by atoms with Crippen LogP contribution >= 0.6 is 11.3 Å². The van der Waals surface area contributed by atoms with E-state index in [-0.39, 0.29) is 53.8 Å². The van der Waals surface area contributed by atoms with E-state index in [1.165, 1.54) is 17.4 Å². The van der Waals surface area contributed by atoms with Crippen LogP contribution < -0.4 is 24.8 Å². The Morgan fingerprint density at radius 3 is 2.50 bits per heavy atom. The van der Waals surface area contributed by atoms with Gasteiger partial charge in [0.1, 0.15) is 16.1 Å². The van der Waals surface area contributed by atoms with Crippen molar-refractivity contribution < 1.29 is 37.3 Å². The minimum Gasteiger partial charge on any atom is -0.488 e. The number of aliphatic hydroxyl groups excluding tert-OH is 1. The van der Waals surface area contributed by atoms with E-state index in [2.05, 4.69) is 10.6 Å². The van der Waals surface area contributed by atoms with Gasteiger partial charge in [0.15, 0.2) is 11.5 Å². The number of hydrogen-bond acceptors (Lipinski definition) is 9. The molecule has 2 aliphatic rings. The maximum Gasteiger partial charge on any atom is 0.323 e. The van der Waals surface area contributed by atoms with E-state index in [0.29, 0.717) is 22.9 Å². The van der Waals surface area contributed by atoms with Gasteiger partial charge in [0.2, 0.25) is 6.79 Å². The number of benzene rings is 2. The second-order valence-electron chi connectivity index (χ2n) is 10.2. The van der Waals surface area contributed by atoms with Crippen LogP contribution in [0.5, 0.6) is 17.2 Å². The minimum absolute atomic E-state index is 0.0360. The molecule has 0 spiro atoms. The molecule has 1 aromatic heterocycles. The molecule has 12 nitrogen and oxygen atoms in total. The maximum atomic E-state index is 13.7. The fourth-order valence-electron chi connectivity index (χ4n) is 4.70. The minimum atomic E-state index is -3.73. The van der Waals surface area contributed by atoms with Crippen molar-refractivity contribution in [2.75, 3.05) is 44.2 Å². The fraction of sp³-hybridized carbons (Fsp3) is 0.357. The number of urea groups is 1. The van der Waals surface area contributed by atoms with Crippen LogP contribution in [0.4, 0.5) is 16.2 Å². The van der Waals surface area contributed by atoms with Crippen molar-refractivity contribution in [1.82, 2.24) is 9.21 Å². The highest BCUT2D eigenvalue weighted by atomic mass is 32.2. The molecule has 3 heterocycles. The molecule has 14 heteroatoms. The van der Waals surface area contributed by atoms with E-state index in [1.54, 1.807) is 59.7 Å². The summed E-state index contributed by atoms with van der Waals surface area (Å²) >= 11 is 1.13. The molecule has 0 aliphatic carbocycles. The molecular formula is C28H32N4O8S2. The zero-order chi connectivity index (χ0) is 30.0. The Hall–Kier alpha value is -3.85. The second-order valence-corrected chi connectivity index (χ2v) is 13.4. The van der Waals surface area contributed by atoms with E-state index in [4.69, 9.17) is 14.2 Å². The molecule has 0 bridgehead atoms. The van der Waals surface area contributed by atoms with Crippen LogP contribution in [0.2, 0.25) is 0 Å². The Labute approximate surface area is 247 Å². The van der Waals surface area contributed by atoms with E-state index in [0.717, 1.165) is 11.3 Å². The Bertz CT molecular complexity index is 1560. The highest BCUT2D eigenvalue weighted by Crippen LogP contribution is 2.35. The Kier molecular flexibility index (Phi) is 8.59. The van der Waals surface area contributed by atoms with Gasteiger partial charge in [-0.25, -0.2) is 13.2 Å². The third-order valence-corrected chi connectivity index (χ3v) is 10.3. The van der Waals surface area contributed by atoms with Crippen molar-refractivity contribution >= 4 is 44.7 Å². The molecule has 0 fully saturated rings. The van der Waals surface area contributed by atoms with Crippen molar-refractivity contribution in [3.05, 3.63) is 59.5 Å². The van der Waals surface area contributed by atoms with Crippen molar-refractivity contribution in [3.8, 4) is 17.2 Å². The molecule has 5 rings (SSSR count). The lowest BCUT2D eigenvalue weighted by Gasteiger charge is -2.38. The van der Waals surface area contributed by atoms with Crippen LogP contribution in [-0.2, 0) is 10.0 Å². The molecule has 224 valence electrons. The summed E-state index contributed by atoms with van der Waals surface area (Å²) in [6.45, 7) is 3.72. The van der Waals surface area contributed by atoms with Crippen LogP contribution in [0.3, 0.4) is 0 Å². The molecule has 0 unspecified atom stereocenters. The van der Waals surface area contributed by atoms with Gasteiger partial charge in [-0.3, -0.25) is 4.79 Å². The number of aliphatic hydroxyl groups is 1. The highest BCUT2D eigenvalue weighted by Gasteiger charge is 2.35. The molecule has 3 N–H and O–H groups in total. The van der Waals surface area contributed by atoms with Crippen LogP contribution in [0, 0.1) is 5.92 Å². The number of likely N-dealkylation sites (N-methyl/N-ethyl adjacent to an activating group) is 1. The number of carbonyl (C=O) groups is 2. The summed E-state index contributed by atoms with van der Waals surface area (Å²) in [5.74, 6) is 0.701. The largest absolute Gasteiger partial charge is 0.488 e. The van der Waals surface area contributed by atoms with Gasteiger partial charge in [0, 0.05) is 37.0 Å². The Morgan fingerprint density at radius 1 is 1.12 bits per heavy atom. The first kappa shape index (κ1) is 29.6. The number of nitrogens with one attached hydrogen (secondary N) is 2. The van der Waals surface area contributed by atoms with Gasteiger partial charge in [-0.2, -0.15) is 4.31 Å². The SMILES string of the molecule is C[C@@H]1CN([C@H](C)CO)C(=O)c2cc(NC(=O)Nc3ccc4c(c3)OCO4)ccc2O[C@@H]1CN(C)S(=O)(=O)c1cccs1. The first-order valence-corrected chi connectivity index (χ1v) is 15.6. The topological polar surface area (TPSA) is 147 Å². The molecule has 0 saturated carbocycles. The molecule has 3 amide bonds. The van der Waals surface area contributed by atoms with Crippen molar-refractivity contribution in [3.63, 3.8) is 0 Å². The number of hydrogen-bond donors (Lipinski definition) is 3. The number of amides is 3. The third-order valence-electron chi connectivity index (χ3n) is 7.15. The van der Waals surface area contributed by atoms with E-state index < -0.39 is 28.2 Å². The van der Waals surface area contributed by atoms with Gasteiger partial charge < -0.3 is 34.9 Å². The number of rotatable bonds is 8. The quantitative estimate of drug-likeness (QED) is 0.348. The normalized spacial score (nSPS) is 19.0. The smallest absolute Gasteiger partial charge is 0.323 e. The van der Waals surface area contributed by atoms with E-state index >= 15 is 0 Å². The van der Waals surface area contributed by atoms with Crippen molar-refractivity contribution in [2.45, 2.75) is 30.2 Å². The lowest BCUT2D eigenvalue weighted by Crippen LogP contribution is -2.50. The first-order chi connectivity index (χ1) is 20.1. The number of sulfonamides is 1. The fourth-order valence-corrected chi connectivity index (χ4v) is 7.09. The second kappa shape index (κ2) is 12.2. The van der Waals surface area contributed by atoms with Gasteiger partial charge >= 0.3 is 6.03 Å². The van der Waals surface area contributed by atoms with Crippen LogP contribution in [-0.4, -0.2) is 80.4 Å². The average Bonchev–Trinajstić information content (AvgIpc) is 3.67. The number of fused-ring (bicyclic) bond motifs is 2. The van der Waals surface area contributed by atoms with Crippen molar-refractivity contribution in [1.29, 1.82) is 0 Å². The average molecular weight is 617 g/mol. The first-order valence-electron chi connectivity index (χ1n) is 13.3. The van der Waals surface area contributed by atoms with Crippen LogP contribution in [0.15, 0.2) is 58.1 Å². The van der Waals surface area contributed by atoms with Gasteiger partial charge in [0.25, 0.3) is 15.9 Å². The van der Waals surface area contributed by atoms with Crippen molar-refractivity contribution in [2.24, 2.45) is 5.92 Å². The number of carbonyl (C=O) groups excluding carboxylic acids is 2. The molecule has 0 saturated heterocycles. The summed E-state index contributed by atoms with van der Waals surface area (Å²) in [4.78, 5) is 28.0. The van der Waals surface area contributed by atoms with Gasteiger partial charge in [-0.05, 0) is 48.7 Å². The zero-order valence-electron chi connectivity index (χ0n) is 23.3. The summed E-state index contributed by atoms with van der Waals surface area (Å²) in [7, 11) is -2.23. The van der Waals surface area contributed by atoms with E-state index in [1.807, 2.05) is 6.92 Å². The lowest BCUT2D eigenvalue weighted by atomic mass is 9.99. The van der Waals surface area contributed by atoms with Gasteiger partial charge in [-0.15, -0.1) is 11.3 Å². The van der Waals surface area contributed by atoms with Gasteiger partial charge in [0.05, 0.1) is 24.8 Å². The van der Waals surface area contributed by atoms with Crippen LogP contribution in [0.1, 0.15) is 24.2 Å². The molecule has 2 aromatic carbocycles. The predicted octanol–water partition coefficient (Wildman–Crippen LogP) is 3.66. The number of thiophene rings is 1. The summed E-state index contributed by atoms with van der Waals surface area (Å²) in [6.07, 6.45) is -0.613. The summed E-state index contributed by atoms with van der Waals surface area (Å²) in [5, 5.41) is 17.1. The number of nitrogens with zero attached hydrogens (tertiary/aromatic N) is 2. The third kappa shape index (κ3) is 6.16. The Balaban J connectivity index is 1.38. The predicted molar refractivity (Wildman–Crippen MR) is 157 cm³/mol.